The molecule has 0 aliphatic heterocycles. The topological polar surface area (TPSA) is 47.6 Å². The number of hydrogen-bond donors (Lipinski definition) is 0. The van der Waals surface area contributed by atoms with Gasteiger partial charge in [-0.15, -0.1) is 0 Å². The van der Waals surface area contributed by atoms with E-state index in [1.54, 1.807) is 0 Å². The van der Waals surface area contributed by atoms with Crippen molar-refractivity contribution >= 4 is 23.3 Å². The average Bonchev–Trinajstić information content (AvgIpc) is 3.33. The number of hydrogen-bond acceptors (Lipinski definition) is 2. The molecule has 0 saturated carbocycles. The zero-order valence-corrected chi connectivity index (χ0v) is 15.5. The minimum atomic E-state index is -0.744. The van der Waals surface area contributed by atoms with E-state index in [0.29, 0.717) is 11.1 Å². The number of benzene rings is 2. The van der Waals surface area contributed by atoms with E-state index in [0.717, 1.165) is 39.0 Å². The van der Waals surface area contributed by atoms with Gasteiger partial charge < -0.3 is 0 Å². The molecule has 0 amide bonds. The van der Waals surface area contributed by atoms with Crippen molar-refractivity contribution in [2.75, 3.05) is 0 Å². The van der Waals surface area contributed by atoms with Crippen LogP contribution in [-0.4, -0.2) is 0 Å². The van der Waals surface area contributed by atoms with Gasteiger partial charge in [-0.05, 0) is 62.8 Å². The Morgan fingerprint density at radius 1 is 0.690 bits per heavy atom. The lowest BCUT2D eigenvalue weighted by molar-refractivity contribution is 0.715. The Balaban J connectivity index is 1.70. The van der Waals surface area contributed by atoms with Crippen LogP contribution in [0.5, 0.6) is 0 Å². The van der Waals surface area contributed by atoms with Gasteiger partial charge in [0.1, 0.15) is 6.07 Å². The van der Waals surface area contributed by atoms with Gasteiger partial charge in [0.05, 0.1) is 22.6 Å². The van der Waals surface area contributed by atoms with Crippen LogP contribution >= 0.6 is 0 Å². The third-order valence-electron chi connectivity index (χ3n) is 6.33. The summed E-state index contributed by atoms with van der Waals surface area (Å²) in [5, 5.41) is 20.1. The first kappa shape index (κ1) is 15.9. The van der Waals surface area contributed by atoms with E-state index in [1.807, 2.05) is 36.4 Å². The summed E-state index contributed by atoms with van der Waals surface area (Å²) < 4.78 is 0. The molecule has 4 aliphatic rings. The molecule has 0 heterocycles. The molecule has 0 radical (unpaired) electrons. The van der Waals surface area contributed by atoms with Crippen molar-refractivity contribution in [3.63, 3.8) is 0 Å². The molecule has 0 fully saturated rings. The zero-order valence-electron chi connectivity index (χ0n) is 15.5. The molecular formula is C27H14N2. The Hall–Kier alpha value is -4.14. The van der Waals surface area contributed by atoms with E-state index in [2.05, 4.69) is 60.7 Å². The van der Waals surface area contributed by atoms with E-state index in [-0.39, 0.29) is 0 Å². The predicted octanol–water partition coefficient (Wildman–Crippen LogP) is 5.86. The second-order valence-electron chi connectivity index (χ2n) is 7.61. The third kappa shape index (κ3) is 1.83. The summed E-state index contributed by atoms with van der Waals surface area (Å²) in [5.74, 6) is 0. The van der Waals surface area contributed by atoms with Gasteiger partial charge in [0.2, 0.25) is 0 Å². The fourth-order valence-corrected chi connectivity index (χ4v) is 5.11. The van der Waals surface area contributed by atoms with Gasteiger partial charge in [0, 0.05) is 0 Å². The summed E-state index contributed by atoms with van der Waals surface area (Å²) in [6, 6.07) is 21.2. The first-order valence-corrected chi connectivity index (χ1v) is 9.58. The van der Waals surface area contributed by atoms with Crippen LogP contribution in [-0.2, 0) is 0 Å². The van der Waals surface area contributed by atoms with Crippen LogP contribution in [0.4, 0.5) is 0 Å². The summed E-state index contributed by atoms with van der Waals surface area (Å²) in [6.45, 7) is 0. The monoisotopic (exact) mass is 366 g/mol. The van der Waals surface area contributed by atoms with Crippen LogP contribution in [0.15, 0.2) is 95.1 Å². The number of allylic oxidation sites excluding steroid dienone is 10. The number of rotatable bonds is 0. The summed E-state index contributed by atoms with van der Waals surface area (Å²) in [7, 11) is 0. The lowest BCUT2D eigenvalue weighted by Gasteiger charge is -2.39. The molecule has 1 atom stereocenters. The summed E-state index contributed by atoms with van der Waals surface area (Å²) in [5.41, 5.74) is 9.11. The predicted molar refractivity (Wildman–Crippen MR) is 115 cm³/mol. The van der Waals surface area contributed by atoms with Crippen molar-refractivity contribution in [1.29, 1.82) is 10.5 Å². The molecule has 4 aliphatic carbocycles. The SMILES string of the molecule is N#CC1=C(C#N)C2(C=CC=C3C2=Cc2ccccc23)C2=Cc3ccccc3C2=C1. The summed E-state index contributed by atoms with van der Waals surface area (Å²) in [6.07, 6.45) is 12.5. The average molecular weight is 366 g/mol. The second-order valence-corrected chi connectivity index (χ2v) is 7.61. The smallest absolute Gasteiger partial charge is 0.100 e. The van der Waals surface area contributed by atoms with Gasteiger partial charge in [0.25, 0.3) is 0 Å². The first-order valence-electron chi connectivity index (χ1n) is 9.58. The Morgan fingerprint density at radius 2 is 1.31 bits per heavy atom. The largest absolute Gasteiger partial charge is 0.193 e. The molecular weight excluding hydrogens is 352 g/mol. The Bertz CT molecular complexity index is 1400. The minimum Gasteiger partial charge on any atom is -0.193 e. The second kappa shape index (κ2) is 5.44. The van der Waals surface area contributed by atoms with Gasteiger partial charge >= 0.3 is 0 Å². The van der Waals surface area contributed by atoms with E-state index in [4.69, 9.17) is 0 Å². The molecule has 0 N–H and O–H groups in total. The maximum absolute atomic E-state index is 10.2. The lowest BCUT2D eigenvalue weighted by atomic mass is 9.60. The van der Waals surface area contributed by atoms with Gasteiger partial charge in [-0.1, -0.05) is 66.8 Å². The molecule has 2 aromatic rings. The van der Waals surface area contributed by atoms with Crippen LogP contribution in [0.1, 0.15) is 22.3 Å². The first-order chi connectivity index (χ1) is 14.3. The Morgan fingerprint density at radius 3 is 1.97 bits per heavy atom. The molecule has 1 spiro atoms. The van der Waals surface area contributed by atoms with Crippen LogP contribution in [0.25, 0.3) is 23.3 Å². The highest BCUT2D eigenvalue weighted by molar-refractivity contribution is 6.07. The van der Waals surface area contributed by atoms with Crippen molar-refractivity contribution in [2.45, 2.75) is 0 Å². The summed E-state index contributed by atoms with van der Waals surface area (Å²) in [4.78, 5) is 0. The molecule has 29 heavy (non-hydrogen) atoms. The minimum absolute atomic E-state index is 0.444. The summed E-state index contributed by atoms with van der Waals surface area (Å²) >= 11 is 0. The number of nitriles is 2. The van der Waals surface area contributed by atoms with Crippen LogP contribution in [0, 0.1) is 28.1 Å². The number of fused-ring (bicyclic) bond motifs is 8. The van der Waals surface area contributed by atoms with Gasteiger partial charge in [-0.3, -0.25) is 0 Å². The Labute approximate surface area is 169 Å². The van der Waals surface area contributed by atoms with Crippen molar-refractivity contribution in [1.82, 2.24) is 0 Å². The Kier molecular flexibility index (Phi) is 2.98. The van der Waals surface area contributed by atoms with Crippen LogP contribution < -0.4 is 0 Å². The van der Waals surface area contributed by atoms with E-state index in [9.17, 15) is 10.5 Å². The van der Waals surface area contributed by atoms with Crippen molar-refractivity contribution in [2.24, 2.45) is 5.41 Å². The van der Waals surface area contributed by atoms with Crippen molar-refractivity contribution in [3.8, 4) is 12.1 Å². The third-order valence-corrected chi connectivity index (χ3v) is 6.33. The molecule has 0 saturated heterocycles. The maximum atomic E-state index is 10.2. The van der Waals surface area contributed by atoms with Gasteiger partial charge in [0.15, 0.2) is 0 Å². The van der Waals surface area contributed by atoms with Gasteiger partial charge in [-0.2, -0.15) is 10.5 Å². The highest BCUT2D eigenvalue weighted by Gasteiger charge is 2.50. The molecule has 0 aromatic heterocycles. The normalized spacial score (nSPS) is 22.4. The lowest BCUT2D eigenvalue weighted by Crippen LogP contribution is -2.30. The molecule has 1 unspecified atom stereocenters. The number of nitrogens with zero attached hydrogens (tertiary/aromatic N) is 2. The van der Waals surface area contributed by atoms with Crippen LogP contribution in [0.3, 0.4) is 0 Å². The zero-order chi connectivity index (χ0) is 19.6. The molecule has 2 nitrogen and oxygen atoms in total. The van der Waals surface area contributed by atoms with Gasteiger partial charge in [-0.25, -0.2) is 0 Å². The fraction of sp³-hybridized carbons (Fsp3) is 0.0370. The van der Waals surface area contributed by atoms with Crippen LogP contribution in [0.2, 0.25) is 0 Å². The molecule has 2 aromatic carbocycles. The highest BCUT2D eigenvalue weighted by Crippen LogP contribution is 2.62. The van der Waals surface area contributed by atoms with Crippen molar-refractivity contribution < 1.29 is 0 Å². The van der Waals surface area contributed by atoms with E-state index < -0.39 is 5.41 Å². The molecule has 6 rings (SSSR count). The molecule has 132 valence electrons. The molecule has 2 heteroatoms. The maximum Gasteiger partial charge on any atom is 0.100 e. The molecule has 0 bridgehead atoms. The standard InChI is InChI=1S/C27H14N2/c28-15-19-12-23-21-9-4-2-7-18(21)14-25(23)27(26(19)16-29)11-5-10-22-20-8-3-1-6-17(20)13-24(22)27/h1-14H. The van der Waals surface area contributed by atoms with E-state index >= 15 is 0 Å². The van der Waals surface area contributed by atoms with Crippen molar-refractivity contribution in [3.05, 3.63) is 117 Å². The quantitative estimate of drug-likeness (QED) is 0.586. The van der Waals surface area contributed by atoms with E-state index in [1.165, 1.54) is 5.56 Å². The fourth-order valence-electron chi connectivity index (χ4n) is 5.11. The highest BCUT2D eigenvalue weighted by atomic mass is 14.5.